The van der Waals surface area contributed by atoms with E-state index in [0.29, 0.717) is 36.1 Å². The van der Waals surface area contributed by atoms with Gasteiger partial charge in [-0.1, -0.05) is 30.3 Å². The van der Waals surface area contributed by atoms with Crippen molar-refractivity contribution >= 4 is 27.6 Å². The van der Waals surface area contributed by atoms with E-state index < -0.39 is 11.8 Å². The lowest BCUT2D eigenvalue weighted by Gasteiger charge is -2.30. The number of fused-ring (bicyclic) bond motifs is 1. The molecule has 4 rings (SSSR count). The van der Waals surface area contributed by atoms with Gasteiger partial charge in [0.05, 0.1) is 5.52 Å². The number of carbonyl (C=O) groups is 1. The molecule has 7 nitrogen and oxygen atoms in total. The quantitative estimate of drug-likeness (QED) is 0.724. The van der Waals surface area contributed by atoms with Crippen LogP contribution < -0.4 is 11.2 Å². The molecule has 1 saturated heterocycles. The van der Waals surface area contributed by atoms with E-state index in [2.05, 4.69) is 4.98 Å². The van der Waals surface area contributed by atoms with E-state index in [1.807, 2.05) is 36.4 Å². The van der Waals surface area contributed by atoms with Gasteiger partial charge in [-0.05, 0) is 24.5 Å². The van der Waals surface area contributed by atoms with Crippen LogP contribution in [0, 0.1) is 0 Å². The second-order valence-corrected chi connectivity index (χ2v) is 7.38. The summed E-state index contributed by atoms with van der Waals surface area (Å²) in [5.41, 5.74) is 0.803. The molecule has 0 saturated carbocycles. The summed E-state index contributed by atoms with van der Waals surface area (Å²) in [6, 6.07) is 11.2. The zero-order valence-electron chi connectivity index (χ0n) is 13.8. The minimum Gasteiger partial charge on any atom is -0.465 e. The summed E-state index contributed by atoms with van der Waals surface area (Å²) in [6.45, 7) is 0.646. The fourth-order valence-corrected chi connectivity index (χ4v) is 4.47. The molecule has 2 N–H and O–H groups in total. The van der Waals surface area contributed by atoms with Crippen LogP contribution in [0.5, 0.6) is 0 Å². The smallest absolute Gasteiger partial charge is 0.407 e. The van der Waals surface area contributed by atoms with Crippen molar-refractivity contribution in [2.75, 3.05) is 13.1 Å². The Morgan fingerprint density at radius 1 is 1.15 bits per heavy atom. The first-order valence-corrected chi connectivity index (χ1v) is 9.18. The van der Waals surface area contributed by atoms with Crippen LogP contribution in [-0.4, -0.2) is 38.7 Å². The molecule has 0 bridgehead atoms. The van der Waals surface area contributed by atoms with Gasteiger partial charge in [-0.3, -0.25) is 9.36 Å². The van der Waals surface area contributed by atoms with E-state index >= 15 is 0 Å². The number of amides is 1. The van der Waals surface area contributed by atoms with Gasteiger partial charge in [0.1, 0.15) is 4.70 Å². The third-order valence-electron chi connectivity index (χ3n) is 4.76. The normalized spacial score (nSPS) is 15.5. The van der Waals surface area contributed by atoms with E-state index in [1.165, 1.54) is 20.8 Å². The van der Waals surface area contributed by atoms with Gasteiger partial charge in [0.25, 0.3) is 5.56 Å². The number of likely N-dealkylation sites (tertiary alicyclic amines) is 1. The summed E-state index contributed by atoms with van der Waals surface area (Å²) in [6.07, 6.45) is -0.0546. The molecule has 1 amide bonds. The lowest BCUT2D eigenvalue weighted by Crippen LogP contribution is -2.44. The van der Waals surface area contributed by atoms with Crippen molar-refractivity contribution in [1.29, 1.82) is 0 Å². The van der Waals surface area contributed by atoms with Crippen LogP contribution in [0.25, 0.3) is 20.7 Å². The Labute approximate surface area is 152 Å². The van der Waals surface area contributed by atoms with Gasteiger partial charge in [0, 0.05) is 24.0 Å². The third kappa shape index (κ3) is 2.82. The van der Waals surface area contributed by atoms with Gasteiger partial charge in [-0.15, -0.1) is 11.3 Å². The van der Waals surface area contributed by atoms with Crippen LogP contribution in [-0.2, 0) is 0 Å². The fraction of sp³-hybridized carbons (Fsp3) is 0.278. The van der Waals surface area contributed by atoms with E-state index in [4.69, 9.17) is 5.11 Å². The first-order chi connectivity index (χ1) is 12.5. The Hall–Kier alpha value is -2.87. The van der Waals surface area contributed by atoms with Crippen molar-refractivity contribution in [3.8, 4) is 10.4 Å². The van der Waals surface area contributed by atoms with Crippen LogP contribution >= 0.6 is 11.3 Å². The highest BCUT2D eigenvalue weighted by Crippen LogP contribution is 2.30. The number of rotatable bonds is 2. The van der Waals surface area contributed by atoms with Gasteiger partial charge in [0.2, 0.25) is 0 Å². The maximum absolute atomic E-state index is 12.9. The van der Waals surface area contributed by atoms with Crippen LogP contribution in [0.2, 0.25) is 0 Å². The van der Waals surface area contributed by atoms with E-state index in [1.54, 1.807) is 0 Å². The number of benzene rings is 1. The Bertz CT molecular complexity index is 1080. The molecule has 0 aliphatic carbocycles. The van der Waals surface area contributed by atoms with Gasteiger partial charge >= 0.3 is 11.8 Å². The molecular formula is C18H17N3O4S. The summed E-state index contributed by atoms with van der Waals surface area (Å²) in [5, 5.41) is 9.05. The molecule has 1 aliphatic heterocycles. The molecule has 134 valence electrons. The Morgan fingerprint density at radius 2 is 1.85 bits per heavy atom. The number of thiophene rings is 1. The van der Waals surface area contributed by atoms with Crippen molar-refractivity contribution in [3.05, 3.63) is 57.2 Å². The van der Waals surface area contributed by atoms with E-state index in [0.717, 1.165) is 10.4 Å². The highest BCUT2D eigenvalue weighted by molar-refractivity contribution is 7.22. The summed E-state index contributed by atoms with van der Waals surface area (Å²) in [7, 11) is 0. The van der Waals surface area contributed by atoms with Gasteiger partial charge in [-0.2, -0.15) is 0 Å². The van der Waals surface area contributed by atoms with E-state index in [-0.39, 0.29) is 11.6 Å². The highest BCUT2D eigenvalue weighted by Gasteiger charge is 2.26. The topological polar surface area (TPSA) is 95.4 Å². The summed E-state index contributed by atoms with van der Waals surface area (Å²) in [5.74, 6) is 0. The first-order valence-electron chi connectivity index (χ1n) is 8.36. The number of nitrogens with one attached hydrogen (secondary N) is 1. The number of carboxylic acid groups (broad SMARTS) is 1. The number of aromatic nitrogens is 2. The van der Waals surface area contributed by atoms with Gasteiger partial charge in [-0.25, -0.2) is 9.59 Å². The molecule has 1 aliphatic rings. The lowest BCUT2D eigenvalue weighted by atomic mass is 10.1. The number of H-pyrrole nitrogens is 1. The molecule has 0 atom stereocenters. The molecule has 0 unspecified atom stereocenters. The first kappa shape index (κ1) is 16.6. The summed E-state index contributed by atoms with van der Waals surface area (Å²) >= 11 is 1.36. The van der Waals surface area contributed by atoms with Crippen molar-refractivity contribution < 1.29 is 9.90 Å². The number of aromatic amines is 1. The summed E-state index contributed by atoms with van der Waals surface area (Å²) in [4.78, 5) is 41.5. The predicted molar refractivity (Wildman–Crippen MR) is 100 cm³/mol. The highest BCUT2D eigenvalue weighted by atomic mass is 32.1. The van der Waals surface area contributed by atoms with Crippen LogP contribution in [0.1, 0.15) is 18.9 Å². The number of nitrogens with zero attached hydrogens (tertiary/aromatic N) is 2. The summed E-state index contributed by atoms with van der Waals surface area (Å²) < 4.78 is 1.77. The van der Waals surface area contributed by atoms with Crippen molar-refractivity contribution in [2.24, 2.45) is 0 Å². The largest absolute Gasteiger partial charge is 0.465 e. The zero-order valence-corrected chi connectivity index (χ0v) is 14.7. The van der Waals surface area contributed by atoms with Gasteiger partial charge in [0.15, 0.2) is 0 Å². The number of hydrogen-bond acceptors (Lipinski definition) is 4. The minimum atomic E-state index is -0.967. The maximum atomic E-state index is 12.9. The van der Waals surface area contributed by atoms with E-state index in [9.17, 15) is 14.4 Å². The average Bonchev–Trinajstić information content (AvgIpc) is 3.07. The van der Waals surface area contributed by atoms with Crippen LogP contribution in [0.4, 0.5) is 4.79 Å². The maximum Gasteiger partial charge on any atom is 0.407 e. The monoisotopic (exact) mass is 371 g/mol. The second kappa shape index (κ2) is 6.45. The Kier molecular flexibility index (Phi) is 4.12. The second-order valence-electron chi connectivity index (χ2n) is 6.33. The van der Waals surface area contributed by atoms with Gasteiger partial charge < -0.3 is 15.0 Å². The molecule has 2 aromatic heterocycles. The van der Waals surface area contributed by atoms with Crippen molar-refractivity contribution in [3.63, 3.8) is 0 Å². The molecular weight excluding hydrogens is 354 g/mol. The average molecular weight is 371 g/mol. The van der Waals surface area contributed by atoms with Crippen molar-refractivity contribution in [1.82, 2.24) is 14.5 Å². The molecule has 3 heterocycles. The van der Waals surface area contributed by atoms with Crippen LogP contribution in [0.15, 0.2) is 46.0 Å². The Morgan fingerprint density at radius 3 is 2.50 bits per heavy atom. The Balaban J connectivity index is 1.74. The predicted octanol–water partition coefficient (Wildman–Crippen LogP) is 2.73. The molecule has 0 spiro atoms. The number of piperidine rings is 1. The molecule has 1 aromatic carbocycles. The number of hydrogen-bond donors (Lipinski definition) is 2. The molecule has 26 heavy (non-hydrogen) atoms. The van der Waals surface area contributed by atoms with Crippen molar-refractivity contribution in [2.45, 2.75) is 18.9 Å². The molecule has 8 heteroatoms. The fourth-order valence-electron chi connectivity index (χ4n) is 3.41. The molecule has 3 aromatic rings. The standard InChI is InChI=1S/C18H17N3O4S/c22-16-15-13(10-14(26-15)11-4-2-1-3-5-11)19-17(23)21(16)12-6-8-20(9-7-12)18(24)25/h1-5,10,12H,6-9H2,(H,19,23)(H,24,25). The zero-order chi connectivity index (χ0) is 18.3. The SMILES string of the molecule is O=C(O)N1CCC(n2c(=O)[nH]c3cc(-c4ccccc4)sc3c2=O)CC1. The lowest BCUT2D eigenvalue weighted by molar-refractivity contribution is 0.124. The minimum absolute atomic E-state index is 0.284. The molecule has 0 radical (unpaired) electrons. The third-order valence-corrected chi connectivity index (χ3v) is 5.94. The molecule has 1 fully saturated rings. The van der Waals surface area contributed by atoms with Crippen LogP contribution in [0.3, 0.4) is 0 Å².